The van der Waals surface area contributed by atoms with Crippen LogP contribution in [-0.2, 0) is 4.74 Å². The van der Waals surface area contributed by atoms with Crippen LogP contribution in [0, 0.1) is 6.92 Å². The summed E-state index contributed by atoms with van der Waals surface area (Å²) in [5.74, 6) is -1.43. The van der Waals surface area contributed by atoms with Gasteiger partial charge in [-0.3, -0.25) is 9.59 Å². The summed E-state index contributed by atoms with van der Waals surface area (Å²) >= 11 is 6.13. The summed E-state index contributed by atoms with van der Waals surface area (Å²) < 4.78 is 4.96. The number of ketones is 2. The Balaban J connectivity index is 1.95. The third-order valence-electron chi connectivity index (χ3n) is 3.78. The molecule has 1 aliphatic rings. The van der Waals surface area contributed by atoms with Crippen LogP contribution in [0.3, 0.4) is 0 Å². The van der Waals surface area contributed by atoms with Crippen molar-refractivity contribution in [2.45, 2.75) is 13.8 Å². The average molecular weight is 371 g/mol. The second-order valence-electron chi connectivity index (χ2n) is 5.62. The van der Waals surface area contributed by atoms with Gasteiger partial charge < -0.3 is 10.1 Å². The molecule has 2 aromatic rings. The number of hydrogen-bond acceptors (Lipinski definition) is 6. The van der Waals surface area contributed by atoms with Gasteiger partial charge in [0, 0.05) is 11.4 Å². The van der Waals surface area contributed by atoms with E-state index in [0.717, 1.165) is 0 Å². The molecular weight excluding hydrogens is 356 g/mol. The summed E-state index contributed by atoms with van der Waals surface area (Å²) in [5, 5.41) is 2.61. The number of carbonyl (C=O) groups is 3. The maximum absolute atomic E-state index is 12.7. The highest BCUT2D eigenvalue weighted by Gasteiger charge is 2.33. The van der Waals surface area contributed by atoms with Crippen molar-refractivity contribution in [2.24, 2.45) is 0 Å². The smallest absolute Gasteiger partial charge is 0.338 e. The van der Waals surface area contributed by atoms with Crippen molar-refractivity contribution in [2.75, 3.05) is 11.9 Å². The van der Waals surface area contributed by atoms with Crippen molar-refractivity contribution in [1.82, 2.24) is 4.98 Å². The molecule has 132 valence electrons. The van der Waals surface area contributed by atoms with Crippen LogP contribution in [0.1, 0.15) is 43.8 Å². The molecule has 1 aromatic carbocycles. The molecular formula is C19H15ClN2O4. The Bertz CT molecular complexity index is 966. The van der Waals surface area contributed by atoms with Crippen LogP contribution >= 0.6 is 11.6 Å². The van der Waals surface area contributed by atoms with Gasteiger partial charge in [0.2, 0.25) is 11.6 Å². The van der Waals surface area contributed by atoms with E-state index in [4.69, 9.17) is 16.3 Å². The van der Waals surface area contributed by atoms with Gasteiger partial charge in [0.05, 0.1) is 17.7 Å². The molecule has 0 aliphatic heterocycles. The third-order valence-corrected chi connectivity index (χ3v) is 4.14. The largest absolute Gasteiger partial charge is 0.462 e. The predicted molar refractivity (Wildman–Crippen MR) is 96.5 cm³/mol. The van der Waals surface area contributed by atoms with Crippen molar-refractivity contribution < 1.29 is 19.1 Å². The zero-order valence-corrected chi connectivity index (χ0v) is 14.9. The highest BCUT2D eigenvalue weighted by Crippen LogP contribution is 2.29. The molecule has 0 spiro atoms. The zero-order valence-electron chi connectivity index (χ0n) is 14.1. The molecule has 0 fully saturated rings. The Labute approximate surface area is 154 Å². The van der Waals surface area contributed by atoms with E-state index in [1.165, 1.54) is 6.07 Å². The fraction of sp³-hybridized carbons (Fsp3) is 0.158. The minimum atomic E-state index is -0.519. The van der Waals surface area contributed by atoms with Gasteiger partial charge in [0.15, 0.2) is 0 Å². The van der Waals surface area contributed by atoms with E-state index < -0.39 is 17.5 Å². The second-order valence-corrected chi connectivity index (χ2v) is 6.00. The summed E-state index contributed by atoms with van der Waals surface area (Å²) in [6.45, 7) is 3.69. The number of hydrogen-bond donors (Lipinski definition) is 1. The molecule has 6 nitrogen and oxygen atoms in total. The molecule has 26 heavy (non-hydrogen) atoms. The number of nitrogens with one attached hydrogen (secondary N) is 1. The SMILES string of the molecule is CCOC(=O)c1cccc(NC2=C(Cl)C(=O)c3nc(C)ccc3C2=O)c1. The minimum Gasteiger partial charge on any atom is -0.462 e. The first kappa shape index (κ1) is 17.8. The molecule has 0 amide bonds. The first-order chi connectivity index (χ1) is 12.4. The van der Waals surface area contributed by atoms with Gasteiger partial charge in [0.25, 0.3) is 0 Å². The number of nitrogens with zero attached hydrogens (tertiary/aromatic N) is 1. The van der Waals surface area contributed by atoms with Crippen molar-refractivity contribution in [3.05, 3.63) is 69.6 Å². The van der Waals surface area contributed by atoms with Crippen LogP contribution in [0.25, 0.3) is 0 Å². The summed E-state index contributed by atoms with van der Waals surface area (Å²) in [6.07, 6.45) is 0. The Morgan fingerprint density at radius 3 is 2.69 bits per heavy atom. The van der Waals surface area contributed by atoms with E-state index in [1.54, 1.807) is 44.2 Å². The predicted octanol–water partition coefficient (Wildman–Crippen LogP) is 3.51. The summed E-state index contributed by atoms with van der Waals surface area (Å²) in [6, 6.07) is 9.61. The van der Waals surface area contributed by atoms with Gasteiger partial charge in [-0.05, 0) is 44.2 Å². The molecule has 3 rings (SSSR count). The van der Waals surface area contributed by atoms with Gasteiger partial charge >= 0.3 is 5.97 Å². The van der Waals surface area contributed by atoms with Crippen LogP contribution in [-0.4, -0.2) is 29.1 Å². The maximum Gasteiger partial charge on any atom is 0.338 e. The van der Waals surface area contributed by atoms with Crippen molar-refractivity contribution in [1.29, 1.82) is 0 Å². The van der Waals surface area contributed by atoms with Gasteiger partial charge in [-0.2, -0.15) is 0 Å². The number of halogens is 1. The molecule has 0 unspecified atom stereocenters. The Hall–Kier alpha value is -2.99. The van der Waals surface area contributed by atoms with Gasteiger partial charge in [-0.15, -0.1) is 0 Å². The number of esters is 1. The van der Waals surface area contributed by atoms with Crippen LogP contribution in [0.5, 0.6) is 0 Å². The number of aryl methyl sites for hydroxylation is 1. The van der Waals surface area contributed by atoms with E-state index >= 15 is 0 Å². The molecule has 1 heterocycles. The minimum absolute atomic E-state index is 0.0455. The fourth-order valence-corrected chi connectivity index (χ4v) is 2.78. The van der Waals surface area contributed by atoms with E-state index in [0.29, 0.717) is 16.9 Å². The molecule has 0 bridgehead atoms. The quantitative estimate of drug-likeness (QED) is 0.829. The standard InChI is InChI=1S/C19H15ClN2O4/c1-3-26-19(25)11-5-4-6-12(9-11)22-16-14(20)18(24)15-13(17(16)23)8-7-10(2)21-15/h4-9,22H,3H2,1-2H3. The van der Waals surface area contributed by atoms with Crippen molar-refractivity contribution in [3.8, 4) is 0 Å². The number of pyridine rings is 1. The first-order valence-electron chi connectivity index (χ1n) is 7.93. The van der Waals surface area contributed by atoms with Crippen LogP contribution in [0.15, 0.2) is 47.1 Å². The van der Waals surface area contributed by atoms with E-state index in [2.05, 4.69) is 10.3 Å². The van der Waals surface area contributed by atoms with Crippen LogP contribution in [0.2, 0.25) is 0 Å². The lowest BCUT2D eigenvalue weighted by Gasteiger charge is -2.19. The fourth-order valence-electron chi connectivity index (χ4n) is 2.56. The Kier molecular flexibility index (Phi) is 4.86. The van der Waals surface area contributed by atoms with Crippen molar-refractivity contribution >= 4 is 34.8 Å². The Morgan fingerprint density at radius 1 is 1.19 bits per heavy atom. The lowest BCUT2D eigenvalue weighted by Crippen LogP contribution is -2.25. The van der Waals surface area contributed by atoms with E-state index in [1.807, 2.05) is 0 Å². The van der Waals surface area contributed by atoms with Gasteiger partial charge in [0.1, 0.15) is 16.4 Å². The molecule has 1 aromatic heterocycles. The molecule has 0 saturated heterocycles. The number of ether oxygens (including phenoxy) is 1. The number of carbonyl (C=O) groups excluding carboxylic acids is 3. The number of aromatic nitrogens is 1. The monoisotopic (exact) mass is 370 g/mol. The molecule has 0 saturated carbocycles. The highest BCUT2D eigenvalue weighted by atomic mass is 35.5. The highest BCUT2D eigenvalue weighted by molar-refractivity contribution is 6.50. The lowest BCUT2D eigenvalue weighted by molar-refractivity contribution is 0.0526. The summed E-state index contributed by atoms with van der Waals surface area (Å²) in [4.78, 5) is 41.1. The van der Waals surface area contributed by atoms with Crippen LogP contribution < -0.4 is 5.32 Å². The van der Waals surface area contributed by atoms with Gasteiger partial charge in [-0.25, -0.2) is 9.78 Å². The van der Waals surface area contributed by atoms with Gasteiger partial charge in [-0.1, -0.05) is 17.7 Å². The summed E-state index contributed by atoms with van der Waals surface area (Å²) in [5.41, 5.74) is 1.57. The third kappa shape index (κ3) is 3.23. The second kappa shape index (κ2) is 7.09. The van der Waals surface area contributed by atoms with E-state index in [9.17, 15) is 14.4 Å². The number of rotatable bonds is 4. The number of benzene rings is 1. The lowest BCUT2D eigenvalue weighted by atomic mass is 9.96. The normalized spacial score (nSPS) is 13.5. The number of fused-ring (bicyclic) bond motifs is 1. The number of Topliss-reactive ketones (excluding diaryl/α,β-unsaturated/α-hetero) is 2. The molecule has 0 atom stereocenters. The van der Waals surface area contributed by atoms with E-state index in [-0.39, 0.29) is 28.6 Å². The topological polar surface area (TPSA) is 85.4 Å². The van der Waals surface area contributed by atoms with Crippen molar-refractivity contribution in [3.63, 3.8) is 0 Å². The molecule has 0 radical (unpaired) electrons. The first-order valence-corrected chi connectivity index (χ1v) is 8.31. The molecule has 1 aliphatic carbocycles. The molecule has 1 N–H and O–H groups in total. The summed E-state index contributed by atoms with van der Waals surface area (Å²) in [7, 11) is 0. The zero-order chi connectivity index (χ0) is 18.8. The van der Waals surface area contributed by atoms with Crippen LogP contribution in [0.4, 0.5) is 5.69 Å². The Morgan fingerprint density at radius 2 is 1.96 bits per heavy atom. The number of allylic oxidation sites excluding steroid dienone is 2. The number of anilines is 1. The average Bonchev–Trinajstić information content (AvgIpc) is 2.64. The molecule has 7 heteroatoms. The maximum atomic E-state index is 12.7.